The third-order valence-corrected chi connectivity index (χ3v) is 7.88. The average Bonchev–Trinajstić information content (AvgIpc) is 3.48. The molecular formula is C24H28N6OS2. The fourth-order valence-corrected chi connectivity index (χ4v) is 6.38. The van der Waals surface area contributed by atoms with E-state index in [0.717, 1.165) is 56.7 Å². The van der Waals surface area contributed by atoms with Crippen molar-refractivity contribution in [1.29, 1.82) is 0 Å². The van der Waals surface area contributed by atoms with Crippen LogP contribution in [0.4, 0.5) is 5.00 Å². The van der Waals surface area contributed by atoms with Crippen LogP contribution in [0.5, 0.6) is 0 Å². The summed E-state index contributed by atoms with van der Waals surface area (Å²) in [6.45, 7) is 8.61. The summed E-state index contributed by atoms with van der Waals surface area (Å²) in [5, 5.41) is 11.8. The number of aromatic nitrogens is 3. The molecule has 0 bridgehead atoms. The number of rotatable bonds is 7. The van der Waals surface area contributed by atoms with E-state index in [0.29, 0.717) is 19.0 Å². The van der Waals surface area contributed by atoms with Crippen LogP contribution in [-0.4, -0.2) is 39.6 Å². The minimum absolute atomic E-state index is 0.0369. The highest BCUT2D eigenvalue weighted by Gasteiger charge is 2.25. The van der Waals surface area contributed by atoms with E-state index in [2.05, 4.69) is 53.0 Å². The predicted molar refractivity (Wildman–Crippen MR) is 137 cm³/mol. The van der Waals surface area contributed by atoms with Crippen molar-refractivity contribution in [2.75, 3.05) is 18.4 Å². The topological polar surface area (TPSA) is 83.9 Å². The predicted octanol–water partition coefficient (Wildman–Crippen LogP) is 4.49. The normalized spacial score (nSPS) is 13.6. The van der Waals surface area contributed by atoms with E-state index < -0.39 is 0 Å². The number of imidazole rings is 1. The van der Waals surface area contributed by atoms with Gasteiger partial charge in [0, 0.05) is 47.9 Å². The Balaban J connectivity index is 1.48. The lowest BCUT2D eigenvalue weighted by Crippen LogP contribution is -2.27. The third kappa shape index (κ3) is 4.72. The van der Waals surface area contributed by atoms with Gasteiger partial charge in [0.2, 0.25) is 5.91 Å². The molecule has 0 radical (unpaired) electrons. The Bertz CT molecular complexity index is 1300. The maximum absolute atomic E-state index is 12.7. The number of aryl methyl sites for hydroxylation is 1. The molecule has 0 unspecified atom stereocenters. The third-order valence-electron chi connectivity index (χ3n) is 5.68. The molecule has 0 saturated heterocycles. The van der Waals surface area contributed by atoms with Crippen LogP contribution in [0.2, 0.25) is 0 Å². The number of nitrogens with zero attached hydrogens (tertiary/aromatic N) is 3. The molecule has 1 aromatic carbocycles. The molecule has 3 N–H and O–H groups in total. The molecule has 0 aliphatic carbocycles. The number of hydrogen-bond donors (Lipinski definition) is 3. The zero-order valence-electron chi connectivity index (χ0n) is 19.1. The lowest BCUT2D eigenvalue weighted by Gasteiger charge is -2.13. The number of carbonyl (C=O) groups is 1. The fourth-order valence-electron chi connectivity index (χ4n) is 4.06. The smallest absolute Gasteiger partial charge is 0.226 e. The molecule has 4 aromatic rings. The SMILES string of the molecule is Cc1cn(-c2ccc3sc(-c4c(NC(=O)CCNC(C)C)sc5c4CCNC5)nc3c2)cn1. The average molecular weight is 481 g/mol. The van der Waals surface area contributed by atoms with E-state index in [1.807, 2.05) is 24.0 Å². The summed E-state index contributed by atoms with van der Waals surface area (Å²) in [7, 11) is 0. The number of anilines is 1. The fraction of sp³-hybridized carbons (Fsp3) is 0.375. The van der Waals surface area contributed by atoms with Gasteiger partial charge in [-0.15, -0.1) is 22.7 Å². The highest BCUT2D eigenvalue weighted by Crippen LogP contribution is 2.45. The van der Waals surface area contributed by atoms with Crippen molar-refractivity contribution in [1.82, 2.24) is 25.2 Å². The molecule has 1 amide bonds. The van der Waals surface area contributed by atoms with Gasteiger partial charge in [-0.05, 0) is 43.7 Å². The molecule has 7 nitrogen and oxygen atoms in total. The van der Waals surface area contributed by atoms with Crippen molar-refractivity contribution >= 4 is 43.8 Å². The van der Waals surface area contributed by atoms with Gasteiger partial charge in [0.15, 0.2) is 0 Å². The molecule has 0 spiro atoms. The van der Waals surface area contributed by atoms with Gasteiger partial charge in [-0.3, -0.25) is 4.79 Å². The second kappa shape index (κ2) is 9.34. The molecule has 0 saturated carbocycles. The van der Waals surface area contributed by atoms with E-state index in [1.54, 1.807) is 22.7 Å². The van der Waals surface area contributed by atoms with E-state index in [4.69, 9.17) is 4.98 Å². The number of hydrogen-bond acceptors (Lipinski definition) is 7. The Kier molecular flexibility index (Phi) is 6.29. The maximum atomic E-state index is 12.7. The zero-order chi connectivity index (χ0) is 22.9. The molecular weight excluding hydrogens is 452 g/mol. The summed E-state index contributed by atoms with van der Waals surface area (Å²) in [4.78, 5) is 23.3. The second-order valence-corrected chi connectivity index (χ2v) is 10.8. The van der Waals surface area contributed by atoms with Gasteiger partial charge in [-0.1, -0.05) is 13.8 Å². The van der Waals surface area contributed by atoms with Crippen LogP contribution in [0.15, 0.2) is 30.7 Å². The number of benzene rings is 1. The Hall–Kier alpha value is -2.59. The van der Waals surface area contributed by atoms with E-state index in [-0.39, 0.29) is 5.91 Å². The first-order valence-electron chi connectivity index (χ1n) is 11.3. The summed E-state index contributed by atoms with van der Waals surface area (Å²) in [6, 6.07) is 6.69. The standard InChI is InChI=1S/C24H28N6OS2/c1-14(2)26-9-7-21(31)29-24-22(17-6-8-25-11-20(17)33-24)23-28-18-10-16(4-5-19(18)32-23)30-12-15(3)27-13-30/h4-5,10,12-14,25-26H,6-9,11H2,1-3H3,(H,29,31). The van der Waals surface area contributed by atoms with E-state index >= 15 is 0 Å². The van der Waals surface area contributed by atoms with Crippen molar-refractivity contribution in [3.63, 3.8) is 0 Å². The van der Waals surface area contributed by atoms with Gasteiger partial charge in [0.1, 0.15) is 10.0 Å². The molecule has 5 rings (SSSR count). The molecule has 3 aromatic heterocycles. The largest absolute Gasteiger partial charge is 0.317 e. The number of thiophene rings is 1. The quantitative estimate of drug-likeness (QED) is 0.363. The van der Waals surface area contributed by atoms with Gasteiger partial charge in [0.05, 0.1) is 22.2 Å². The maximum Gasteiger partial charge on any atom is 0.226 e. The lowest BCUT2D eigenvalue weighted by atomic mass is 10.0. The van der Waals surface area contributed by atoms with Gasteiger partial charge < -0.3 is 20.5 Å². The van der Waals surface area contributed by atoms with Crippen LogP contribution in [0.25, 0.3) is 26.5 Å². The first-order chi connectivity index (χ1) is 16.0. The summed E-state index contributed by atoms with van der Waals surface area (Å²) in [6.07, 6.45) is 5.24. The Morgan fingerprint density at radius 2 is 2.18 bits per heavy atom. The molecule has 9 heteroatoms. The van der Waals surface area contributed by atoms with E-state index in [1.165, 1.54) is 10.4 Å². The monoisotopic (exact) mass is 480 g/mol. The first-order valence-corrected chi connectivity index (χ1v) is 12.9. The van der Waals surface area contributed by atoms with Crippen LogP contribution in [0, 0.1) is 6.92 Å². The van der Waals surface area contributed by atoms with Crippen molar-refractivity contribution in [3.05, 3.63) is 46.9 Å². The van der Waals surface area contributed by atoms with Crippen LogP contribution in [0.3, 0.4) is 0 Å². The molecule has 172 valence electrons. The molecule has 1 aliphatic heterocycles. The minimum atomic E-state index is 0.0369. The summed E-state index contributed by atoms with van der Waals surface area (Å²) in [5.74, 6) is 0.0369. The first kappa shape index (κ1) is 22.2. The van der Waals surface area contributed by atoms with Gasteiger partial charge >= 0.3 is 0 Å². The molecule has 0 fully saturated rings. The Morgan fingerprint density at radius 1 is 1.30 bits per heavy atom. The summed E-state index contributed by atoms with van der Waals surface area (Å²) < 4.78 is 3.15. The Morgan fingerprint density at radius 3 is 2.97 bits per heavy atom. The van der Waals surface area contributed by atoms with Crippen LogP contribution >= 0.6 is 22.7 Å². The zero-order valence-corrected chi connectivity index (χ0v) is 20.7. The van der Waals surface area contributed by atoms with Crippen LogP contribution in [-0.2, 0) is 17.8 Å². The van der Waals surface area contributed by atoms with Gasteiger partial charge in [-0.2, -0.15) is 0 Å². The molecule has 33 heavy (non-hydrogen) atoms. The van der Waals surface area contributed by atoms with Gasteiger partial charge in [0.25, 0.3) is 0 Å². The van der Waals surface area contributed by atoms with Crippen molar-refractivity contribution in [3.8, 4) is 16.3 Å². The highest BCUT2D eigenvalue weighted by molar-refractivity contribution is 7.23. The number of thiazole rings is 1. The van der Waals surface area contributed by atoms with Gasteiger partial charge in [-0.25, -0.2) is 9.97 Å². The molecule has 1 aliphatic rings. The number of carbonyl (C=O) groups excluding carboxylic acids is 1. The second-order valence-electron chi connectivity index (χ2n) is 8.64. The van der Waals surface area contributed by atoms with Crippen LogP contribution < -0.4 is 16.0 Å². The van der Waals surface area contributed by atoms with Crippen LogP contribution in [0.1, 0.15) is 36.4 Å². The highest BCUT2D eigenvalue weighted by atomic mass is 32.1. The summed E-state index contributed by atoms with van der Waals surface area (Å²) >= 11 is 3.36. The van der Waals surface area contributed by atoms with Crippen molar-refractivity contribution in [2.24, 2.45) is 0 Å². The molecule has 0 atom stereocenters. The number of amides is 1. The van der Waals surface area contributed by atoms with Crippen molar-refractivity contribution < 1.29 is 4.79 Å². The minimum Gasteiger partial charge on any atom is -0.317 e. The molecule has 4 heterocycles. The summed E-state index contributed by atoms with van der Waals surface area (Å²) in [5.41, 5.74) is 5.41. The lowest BCUT2D eigenvalue weighted by molar-refractivity contribution is -0.116. The van der Waals surface area contributed by atoms with Crippen molar-refractivity contribution in [2.45, 2.75) is 46.2 Å². The van der Waals surface area contributed by atoms with E-state index in [9.17, 15) is 4.79 Å². The number of fused-ring (bicyclic) bond motifs is 2. The Labute approximate surface area is 201 Å². The number of nitrogens with one attached hydrogen (secondary N) is 3.